The molecule has 7 heteroatoms. The van der Waals surface area contributed by atoms with Crippen LogP contribution in [0.4, 0.5) is 0 Å². The molecule has 19 heavy (non-hydrogen) atoms. The number of hydrogen-bond acceptors (Lipinski definition) is 0. The van der Waals surface area contributed by atoms with Crippen LogP contribution in [0.1, 0.15) is 71.1 Å². The predicted molar refractivity (Wildman–Crippen MR) is 65.4 cm³/mol. The van der Waals surface area contributed by atoms with Gasteiger partial charge in [0.15, 0.2) is 0 Å². The fraction of sp³-hybridized carbons (Fsp3) is 1.00. The Kier molecular flexibility index (Phi) is 99.4. The fourth-order valence-corrected chi connectivity index (χ4v) is 1.66. The first kappa shape index (κ1) is 43.7. The molecule has 0 aromatic rings. The van der Waals surface area contributed by atoms with E-state index in [1.807, 2.05) is 0 Å². The Balaban J connectivity index is -0.0000000480. The first-order valence-electron chi connectivity index (χ1n) is 6.21. The van der Waals surface area contributed by atoms with Crippen LogP contribution in [0.2, 0.25) is 0 Å². The van der Waals surface area contributed by atoms with Crippen LogP contribution in [0.5, 0.6) is 0 Å². The number of hydrogen-bond donors (Lipinski definition) is 1. The molecule has 0 aliphatic carbocycles. The molecule has 0 atom stereocenters. The SMILES string of the molecule is CCCCCCCCCCCC[NH3+].[I-].[I-].[I-].[I-].[I-].[Sn+4]. The molecule has 0 spiro atoms. The predicted octanol–water partition coefficient (Wildman–Crippen LogP) is -12.2. The molecule has 0 saturated heterocycles. The Morgan fingerprint density at radius 1 is 0.526 bits per heavy atom. The molecule has 0 aliphatic rings. The molecule has 0 unspecified atom stereocenters. The van der Waals surface area contributed by atoms with Crippen LogP contribution >= 0.6 is 0 Å². The largest absolute Gasteiger partial charge is 4.00 e. The smallest absolute Gasteiger partial charge is 1.00 e. The van der Waals surface area contributed by atoms with Gasteiger partial charge in [0.1, 0.15) is 0 Å². The summed E-state index contributed by atoms with van der Waals surface area (Å²) in [6.45, 7) is 3.40. The zero-order chi connectivity index (χ0) is 9.78. The minimum absolute atomic E-state index is 0. The van der Waals surface area contributed by atoms with Crippen molar-refractivity contribution in [2.24, 2.45) is 0 Å². The Hall–Kier alpha value is 4.41. The molecule has 1 nitrogen and oxygen atoms in total. The third-order valence-electron chi connectivity index (χ3n) is 2.60. The van der Waals surface area contributed by atoms with Crippen LogP contribution in [-0.2, 0) is 0 Å². The maximum atomic E-state index is 3.85. The standard InChI is InChI=1S/C12H27N.5HI.Sn/c1-2-3-4-5-6-7-8-9-10-11-12-13;;;;;;/h2-13H2,1H3;5*1H;/q;;;;;;+4/p-4. The summed E-state index contributed by atoms with van der Waals surface area (Å²) in [5.74, 6) is 0. The van der Waals surface area contributed by atoms with Gasteiger partial charge in [-0.2, -0.15) is 0 Å². The van der Waals surface area contributed by atoms with Crippen LogP contribution in [0.3, 0.4) is 0 Å². The van der Waals surface area contributed by atoms with E-state index in [0.717, 1.165) is 6.54 Å². The summed E-state index contributed by atoms with van der Waals surface area (Å²) in [6, 6.07) is 0. The van der Waals surface area contributed by atoms with E-state index >= 15 is 0 Å². The second-order valence-corrected chi connectivity index (χ2v) is 4.04. The van der Waals surface area contributed by atoms with Gasteiger partial charge in [0.2, 0.25) is 0 Å². The first-order chi connectivity index (χ1) is 6.41. The quantitative estimate of drug-likeness (QED) is 0.128. The van der Waals surface area contributed by atoms with Crippen molar-refractivity contribution < 1.29 is 126 Å². The molecule has 0 rings (SSSR count). The summed E-state index contributed by atoms with van der Waals surface area (Å²) in [6.07, 6.45) is 14.2. The van der Waals surface area contributed by atoms with E-state index < -0.39 is 0 Å². The molecule has 0 saturated carbocycles. The summed E-state index contributed by atoms with van der Waals surface area (Å²) < 4.78 is 0. The average molecular weight is 940 g/mol. The Morgan fingerprint density at radius 2 is 0.789 bits per heavy atom. The second kappa shape index (κ2) is 43.3. The van der Waals surface area contributed by atoms with E-state index in [4.69, 9.17) is 0 Å². The van der Waals surface area contributed by atoms with E-state index in [9.17, 15) is 0 Å². The minimum Gasteiger partial charge on any atom is -1.00 e. The zero-order valence-corrected chi connectivity index (χ0v) is 25.5. The van der Waals surface area contributed by atoms with E-state index in [1.54, 1.807) is 0 Å². The van der Waals surface area contributed by atoms with Gasteiger partial charge >= 0.3 is 23.9 Å². The topological polar surface area (TPSA) is 27.6 Å². The zero-order valence-electron chi connectivity index (χ0n) is 11.9. The molecule has 0 aromatic carbocycles. The summed E-state index contributed by atoms with van der Waals surface area (Å²) >= 11 is 0. The third kappa shape index (κ3) is 45.0. The number of halogens is 5. The maximum Gasteiger partial charge on any atom is 4.00 e. The number of rotatable bonds is 10. The van der Waals surface area contributed by atoms with Crippen molar-refractivity contribution in [2.45, 2.75) is 71.1 Å². The van der Waals surface area contributed by atoms with Crippen molar-refractivity contribution in [1.29, 1.82) is 0 Å². The molecule has 0 aromatic heterocycles. The third-order valence-corrected chi connectivity index (χ3v) is 2.60. The van der Waals surface area contributed by atoms with E-state index in [1.165, 1.54) is 64.2 Å². The van der Waals surface area contributed by atoms with Gasteiger partial charge < -0.3 is 126 Å². The first-order valence-corrected chi connectivity index (χ1v) is 6.21. The van der Waals surface area contributed by atoms with Crippen molar-refractivity contribution in [1.82, 2.24) is 0 Å². The molecular weight excluding hydrogens is 911 g/mol. The molecule has 0 aliphatic heterocycles. The van der Waals surface area contributed by atoms with Crippen molar-refractivity contribution in [3.63, 3.8) is 0 Å². The van der Waals surface area contributed by atoms with Gasteiger partial charge in [0.05, 0.1) is 6.54 Å². The Morgan fingerprint density at radius 3 is 1.05 bits per heavy atom. The molecule has 0 radical (unpaired) electrons. The summed E-state index contributed by atoms with van der Waals surface area (Å²) in [5.41, 5.74) is 3.85. The monoisotopic (exact) mass is 941 g/mol. The van der Waals surface area contributed by atoms with E-state index in [2.05, 4.69) is 12.7 Å². The molecular formula is C12H28I5NSn. The van der Waals surface area contributed by atoms with Crippen molar-refractivity contribution >= 4 is 23.9 Å². The van der Waals surface area contributed by atoms with Crippen LogP contribution < -0.4 is 126 Å². The van der Waals surface area contributed by atoms with Gasteiger partial charge in [-0.25, -0.2) is 0 Å². The molecule has 3 N–H and O–H groups in total. The van der Waals surface area contributed by atoms with Crippen LogP contribution in [-0.4, -0.2) is 30.5 Å². The van der Waals surface area contributed by atoms with E-state index in [-0.39, 0.29) is 144 Å². The van der Waals surface area contributed by atoms with Crippen LogP contribution in [0.25, 0.3) is 0 Å². The van der Waals surface area contributed by atoms with Gasteiger partial charge in [-0.1, -0.05) is 58.3 Å². The summed E-state index contributed by atoms with van der Waals surface area (Å²) in [7, 11) is 0. The number of unbranched alkanes of at least 4 members (excludes halogenated alkanes) is 9. The van der Waals surface area contributed by atoms with Crippen molar-refractivity contribution in [3.05, 3.63) is 0 Å². The van der Waals surface area contributed by atoms with Gasteiger partial charge in [0, 0.05) is 0 Å². The average Bonchev–Trinajstić information content (AvgIpc) is 2.16. The normalized spacial score (nSPS) is 7.26. The molecule has 0 bridgehead atoms. The van der Waals surface area contributed by atoms with Gasteiger partial charge in [0.25, 0.3) is 0 Å². The summed E-state index contributed by atoms with van der Waals surface area (Å²) in [5, 5.41) is 0. The van der Waals surface area contributed by atoms with E-state index in [0.29, 0.717) is 0 Å². The molecule has 120 valence electrons. The molecule has 0 amide bonds. The van der Waals surface area contributed by atoms with Crippen LogP contribution in [0.15, 0.2) is 0 Å². The van der Waals surface area contributed by atoms with Crippen LogP contribution in [0, 0.1) is 0 Å². The minimum atomic E-state index is 0. The van der Waals surface area contributed by atoms with Gasteiger partial charge in [-0.15, -0.1) is 0 Å². The van der Waals surface area contributed by atoms with Gasteiger partial charge in [-0.3, -0.25) is 0 Å². The second-order valence-electron chi connectivity index (χ2n) is 4.04. The molecule has 0 heterocycles. The van der Waals surface area contributed by atoms with Crippen molar-refractivity contribution in [3.8, 4) is 0 Å². The Bertz CT molecular complexity index is 92.2. The Labute approximate surface area is 223 Å². The fourth-order valence-electron chi connectivity index (χ4n) is 1.66. The van der Waals surface area contributed by atoms with Crippen molar-refractivity contribution in [2.75, 3.05) is 6.54 Å². The maximum absolute atomic E-state index is 3.85. The van der Waals surface area contributed by atoms with Gasteiger partial charge in [-0.05, 0) is 12.8 Å². The number of quaternary nitrogens is 1. The molecule has 0 fully saturated rings. The summed E-state index contributed by atoms with van der Waals surface area (Å²) in [4.78, 5) is 0.